The third-order valence-electron chi connectivity index (χ3n) is 9.90. The first kappa shape index (κ1) is 55.7. The van der Waals surface area contributed by atoms with Crippen LogP contribution in [0.5, 0.6) is 0 Å². The molecule has 0 aliphatic carbocycles. The number of aliphatic hydroxyl groups is 1. The Kier molecular flexibility index (Phi) is 39.8. The molecule has 0 spiro atoms. The lowest BCUT2D eigenvalue weighted by Crippen LogP contribution is -2.43. The molecule has 338 valence electrons. The molecule has 0 aliphatic rings. The van der Waals surface area contributed by atoms with Gasteiger partial charge in [-0.1, -0.05) is 159 Å². The van der Waals surface area contributed by atoms with Crippen LogP contribution in [0.3, 0.4) is 0 Å². The molecule has 58 heavy (non-hydrogen) atoms. The number of aliphatic hydroxyl groups excluding tert-OH is 1. The first-order valence-electron chi connectivity index (χ1n) is 23.0. The zero-order valence-electron chi connectivity index (χ0n) is 36.6. The minimum atomic E-state index is -4.76. The SMILES string of the molecule is CCCCC/C=C\C/C=C\CCCCCCCCCCCCCC(=O)NC(COP(=O)(O)OCC(O)COC(=O)CCCCCCC/C=C\CCCCCC)C(=O)O. The predicted molar refractivity (Wildman–Crippen MR) is 236 cm³/mol. The summed E-state index contributed by atoms with van der Waals surface area (Å²) in [7, 11) is -4.76. The summed E-state index contributed by atoms with van der Waals surface area (Å²) < 4.78 is 26.8. The number of phosphoric acid groups is 1. The summed E-state index contributed by atoms with van der Waals surface area (Å²) in [6.07, 6.45) is 44.5. The summed E-state index contributed by atoms with van der Waals surface area (Å²) in [5, 5.41) is 21.8. The highest BCUT2D eigenvalue weighted by Gasteiger charge is 2.28. The van der Waals surface area contributed by atoms with Gasteiger partial charge in [0.1, 0.15) is 12.7 Å². The quantitative estimate of drug-likeness (QED) is 0.0201. The van der Waals surface area contributed by atoms with E-state index >= 15 is 0 Å². The number of ether oxygens (including phenoxy) is 1. The summed E-state index contributed by atoms with van der Waals surface area (Å²) in [5.74, 6) is -2.38. The van der Waals surface area contributed by atoms with Crippen LogP contribution in [0.1, 0.15) is 206 Å². The van der Waals surface area contributed by atoms with Crippen LogP contribution in [-0.4, -0.2) is 64.9 Å². The van der Waals surface area contributed by atoms with Gasteiger partial charge in [-0.3, -0.25) is 18.6 Å². The number of allylic oxidation sites excluding steroid dienone is 6. The van der Waals surface area contributed by atoms with E-state index in [9.17, 15) is 34.1 Å². The second-order valence-corrected chi connectivity index (χ2v) is 17.0. The number of aliphatic carboxylic acids is 1. The largest absolute Gasteiger partial charge is 0.480 e. The van der Waals surface area contributed by atoms with Crippen molar-refractivity contribution in [1.82, 2.24) is 5.32 Å². The first-order valence-corrected chi connectivity index (χ1v) is 24.5. The fourth-order valence-corrected chi connectivity index (χ4v) is 7.05. The van der Waals surface area contributed by atoms with Gasteiger partial charge in [0.15, 0.2) is 6.04 Å². The van der Waals surface area contributed by atoms with Crippen LogP contribution < -0.4 is 5.32 Å². The molecule has 0 bridgehead atoms. The number of unbranched alkanes of at least 4 members (excludes halogenated alkanes) is 23. The van der Waals surface area contributed by atoms with E-state index in [1.165, 1.54) is 103 Å². The van der Waals surface area contributed by atoms with Gasteiger partial charge >= 0.3 is 19.8 Å². The predicted octanol–water partition coefficient (Wildman–Crippen LogP) is 12.0. The van der Waals surface area contributed by atoms with Crippen LogP contribution >= 0.6 is 7.82 Å². The Labute approximate surface area is 352 Å². The fourth-order valence-electron chi connectivity index (χ4n) is 6.28. The number of esters is 1. The van der Waals surface area contributed by atoms with Gasteiger partial charge in [-0.05, 0) is 70.6 Å². The van der Waals surface area contributed by atoms with Crippen LogP contribution in [0, 0.1) is 0 Å². The molecule has 12 heteroatoms. The zero-order chi connectivity index (χ0) is 42.8. The Morgan fingerprint density at radius 3 is 1.45 bits per heavy atom. The molecule has 0 radical (unpaired) electrons. The molecule has 0 rings (SSSR count). The lowest BCUT2D eigenvalue weighted by atomic mass is 10.0. The molecular formula is C46H84NO10P. The van der Waals surface area contributed by atoms with Gasteiger partial charge in [0.25, 0.3) is 0 Å². The summed E-state index contributed by atoms with van der Waals surface area (Å²) in [6.45, 7) is 2.55. The number of nitrogens with one attached hydrogen (secondary N) is 1. The Bertz CT molecular complexity index is 1130. The van der Waals surface area contributed by atoms with E-state index in [1.807, 2.05) is 0 Å². The minimum absolute atomic E-state index is 0.143. The number of carbonyl (C=O) groups is 3. The molecule has 3 unspecified atom stereocenters. The Hall–Kier alpha value is -2.30. The number of amides is 1. The maximum absolute atomic E-state index is 12.3. The van der Waals surface area contributed by atoms with Crippen LogP contribution in [0.15, 0.2) is 36.5 Å². The van der Waals surface area contributed by atoms with Crippen molar-refractivity contribution in [3.63, 3.8) is 0 Å². The highest BCUT2D eigenvalue weighted by Crippen LogP contribution is 2.43. The summed E-state index contributed by atoms with van der Waals surface area (Å²) in [6, 6.07) is -1.55. The first-order chi connectivity index (χ1) is 28.1. The highest BCUT2D eigenvalue weighted by atomic mass is 31.2. The highest BCUT2D eigenvalue weighted by molar-refractivity contribution is 7.47. The Morgan fingerprint density at radius 1 is 0.552 bits per heavy atom. The lowest BCUT2D eigenvalue weighted by molar-refractivity contribution is -0.147. The summed E-state index contributed by atoms with van der Waals surface area (Å²) in [4.78, 5) is 45.9. The van der Waals surface area contributed by atoms with Crippen molar-refractivity contribution >= 4 is 25.7 Å². The number of carboxylic acid groups (broad SMARTS) is 1. The molecule has 0 aromatic rings. The number of phosphoric ester groups is 1. The molecule has 3 atom stereocenters. The molecule has 11 nitrogen and oxygen atoms in total. The molecule has 0 fully saturated rings. The molecule has 0 aromatic heterocycles. The maximum Gasteiger partial charge on any atom is 0.472 e. The molecule has 1 amide bonds. The van der Waals surface area contributed by atoms with E-state index in [0.717, 1.165) is 64.2 Å². The molecule has 0 heterocycles. The molecule has 0 aromatic carbocycles. The van der Waals surface area contributed by atoms with E-state index in [2.05, 4.69) is 55.6 Å². The van der Waals surface area contributed by atoms with Gasteiger partial charge in [-0.25, -0.2) is 9.36 Å². The van der Waals surface area contributed by atoms with Gasteiger partial charge < -0.3 is 25.2 Å². The van der Waals surface area contributed by atoms with Crippen LogP contribution in [-0.2, 0) is 32.7 Å². The second-order valence-electron chi connectivity index (χ2n) is 15.6. The normalized spacial score (nSPS) is 14.0. The van der Waals surface area contributed by atoms with Gasteiger partial charge in [0.2, 0.25) is 5.91 Å². The second kappa shape index (κ2) is 41.4. The molecule has 0 saturated heterocycles. The van der Waals surface area contributed by atoms with Crippen LogP contribution in [0.2, 0.25) is 0 Å². The number of carbonyl (C=O) groups excluding carboxylic acids is 2. The van der Waals surface area contributed by atoms with Crippen molar-refractivity contribution in [1.29, 1.82) is 0 Å². The summed E-state index contributed by atoms with van der Waals surface area (Å²) in [5.41, 5.74) is 0. The van der Waals surface area contributed by atoms with Crippen molar-refractivity contribution < 1.29 is 47.8 Å². The average Bonchev–Trinajstić information content (AvgIpc) is 3.20. The van der Waals surface area contributed by atoms with Crippen molar-refractivity contribution in [3.8, 4) is 0 Å². The number of hydrogen-bond acceptors (Lipinski definition) is 8. The van der Waals surface area contributed by atoms with E-state index in [1.54, 1.807) is 0 Å². The van der Waals surface area contributed by atoms with Gasteiger partial charge in [0.05, 0.1) is 13.2 Å². The number of rotatable bonds is 43. The zero-order valence-corrected chi connectivity index (χ0v) is 37.5. The van der Waals surface area contributed by atoms with Crippen LogP contribution in [0.25, 0.3) is 0 Å². The number of carboxylic acids is 1. The van der Waals surface area contributed by atoms with Gasteiger partial charge in [-0.2, -0.15) is 0 Å². The molecule has 4 N–H and O–H groups in total. The Balaban J connectivity index is 3.88. The molecule has 0 saturated carbocycles. The topological polar surface area (TPSA) is 169 Å². The molecular weight excluding hydrogens is 757 g/mol. The van der Waals surface area contributed by atoms with Crippen molar-refractivity contribution in [2.45, 2.75) is 219 Å². The molecule has 0 aliphatic heterocycles. The van der Waals surface area contributed by atoms with E-state index in [4.69, 9.17) is 13.8 Å². The fraction of sp³-hybridized carbons (Fsp3) is 0.804. The van der Waals surface area contributed by atoms with Crippen molar-refractivity contribution in [3.05, 3.63) is 36.5 Å². The standard InChI is InChI=1S/C46H84NO10P/c1-3-5-7-9-11-13-15-17-18-19-20-21-22-23-24-26-27-29-31-33-35-37-44(49)47-43(46(51)52)41-57-58(53,54)56-40-42(48)39-55-45(50)38-36-34-32-30-28-25-16-14-12-10-8-6-4-2/h11,13-14,16-18,42-43,48H,3-10,12,15,19-41H2,1-2H3,(H,47,49)(H,51,52)(H,53,54)/b13-11-,16-14-,18-17-. The monoisotopic (exact) mass is 842 g/mol. The lowest BCUT2D eigenvalue weighted by Gasteiger charge is -2.18. The number of hydrogen-bond donors (Lipinski definition) is 4. The van der Waals surface area contributed by atoms with Gasteiger partial charge in [0, 0.05) is 12.8 Å². The minimum Gasteiger partial charge on any atom is -0.480 e. The van der Waals surface area contributed by atoms with Crippen molar-refractivity contribution in [2.24, 2.45) is 0 Å². The summed E-state index contributed by atoms with van der Waals surface area (Å²) >= 11 is 0. The van der Waals surface area contributed by atoms with E-state index in [0.29, 0.717) is 12.8 Å². The van der Waals surface area contributed by atoms with Crippen molar-refractivity contribution in [2.75, 3.05) is 19.8 Å². The third kappa shape index (κ3) is 40.5. The average molecular weight is 842 g/mol. The van der Waals surface area contributed by atoms with E-state index < -0.39 is 57.6 Å². The van der Waals surface area contributed by atoms with Crippen LogP contribution in [0.4, 0.5) is 0 Å². The third-order valence-corrected chi connectivity index (χ3v) is 10.9. The van der Waals surface area contributed by atoms with E-state index in [-0.39, 0.29) is 12.8 Å². The smallest absolute Gasteiger partial charge is 0.472 e. The maximum atomic E-state index is 12.3. The Morgan fingerprint density at radius 2 is 0.948 bits per heavy atom. The van der Waals surface area contributed by atoms with Gasteiger partial charge in [-0.15, -0.1) is 0 Å².